The summed E-state index contributed by atoms with van der Waals surface area (Å²) in [5.74, 6) is 0. The van der Waals surface area contributed by atoms with Crippen LogP contribution in [-0.4, -0.2) is 61.2 Å². The van der Waals surface area contributed by atoms with E-state index >= 15 is 0 Å². The molecule has 0 aromatic heterocycles. The minimum atomic E-state index is 0.788. The predicted octanol–water partition coefficient (Wildman–Crippen LogP) is 2.08. The molecule has 3 nitrogen and oxygen atoms in total. The molecular weight excluding hydrogens is 234 g/mol. The van der Waals surface area contributed by atoms with E-state index in [2.05, 4.69) is 22.2 Å². The molecule has 0 bridgehead atoms. The smallest absolute Gasteiger partial charge is 0.0113 e. The van der Waals surface area contributed by atoms with Gasteiger partial charge >= 0.3 is 0 Å². The lowest BCUT2D eigenvalue weighted by molar-refractivity contribution is 0.0547. The van der Waals surface area contributed by atoms with Gasteiger partial charge in [-0.05, 0) is 45.6 Å². The van der Waals surface area contributed by atoms with Crippen molar-refractivity contribution in [3.05, 3.63) is 0 Å². The molecule has 0 amide bonds. The molecule has 0 spiro atoms. The third-order valence-corrected chi connectivity index (χ3v) is 5.81. The Labute approximate surface area is 118 Å². The van der Waals surface area contributed by atoms with Crippen molar-refractivity contribution in [1.29, 1.82) is 0 Å². The third-order valence-electron chi connectivity index (χ3n) is 5.81. The van der Waals surface area contributed by atoms with Gasteiger partial charge in [0.15, 0.2) is 0 Å². The first-order valence-corrected chi connectivity index (χ1v) is 8.52. The van der Waals surface area contributed by atoms with Crippen molar-refractivity contribution in [2.24, 2.45) is 0 Å². The van der Waals surface area contributed by atoms with Crippen molar-refractivity contribution in [3.63, 3.8) is 0 Å². The van der Waals surface area contributed by atoms with E-state index in [1.54, 1.807) is 0 Å². The fourth-order valence-corrected chi connectivity index (χ4v) is 4.47. The molecular formula is C16H31N3. The first-order valence-electron chi connectivity index (χ1n) is 8.52. The zero-order chi connectivity index (χ0) is 13.1. The number of hydrogen-bond acceptors (Lipinski definition) is 3. The number of nitrogens with zero attached hydrogens (tertiary/aromatic N) is 2. The zero-order valence-electron chi connectivity index (χ0n) is 12.6. The minimum absolute atomic E-state index is 0.788. The molecule has 3 rings (SSSR count). The van der Waals surface area contributed by atoms with Gasteiger partial charge < -0.3 is 5.32 Å². The molecule has 3 fully saturated rings. The van der Waals surface area contributed by atoms with Gasteiger partial charge in [-0.3, -0.25) is 9.80 Å². The average Bonchev–Trinajstić information content (AvgIpc) is 3.02. The maximum atomic E-state index is 3.44. The van der Waals surface area contributed by atoms with Crippen molar-refractivity contribution in [3.8, 4) is 0 Å². The van der Waals surface area contributed by atoms with Crippen LogP contribution in [-0.2, 0) is 0 Å². The molecule has 2 saturated carbocycles. The van der Waals surface area contributed by atoms with E-state index in [0.29, 0.717) is 0 Å². The summed E-state index contributed by atoms with van der Waals surface area (Å²) in [5.41, 5.74) is 0. The SMILES string of the molecule is CNC1CCC(N2CCN(C3CCCC3)CC2)CC1. The first-order chi connectivity index (χ1) is 9.36. The minimum Gasteiger partial charge on any atom is -0.317 e. The first kappa shape index (κ1) is 13.8. The van der Waals surface area contributed by atoms with E-state index in [9.17, 15) is 0 Å². The molecule has 0 radical (unpaired) electrons. The Morgan fingerprint density at radius 1 is 0.684 bits per heavy atom. The van der Waals surface area contributed by atoms with Crippen molar-refractivity contribution in [2.75, 3.05) is 33.2 Å². The standard InChI is InChI=1S/C16H31N3/c1-17-14-6-8-16(9-7-14)19-12-10-18(11-13-19)15-4-2-3-5-15/h14-17H,2-13H2,1H3. The highest BCUT2D eigenvalue weighted by atomic mass is 15.3. The quantitative estimate of drug-likeness (QED) is 0.843. The molecule has 1 N–H and O–H groups in total. The summed E-state index contributed by atoms with van der Waals surface area (Å²) < 4.78 is 0. The second-order valence-corrected chi connectivity index (χ2v) is 6.80. The summed E-state index contributed by atoms with van der Waals surface area (Å²) in [5, 5.41) is 3.44. The molecule has 2 aliphatic carbocycles. The highest BCUT2D eigenvalue weighted by Gasteiger charge is 2.30. The van der Waals surface area contributed by atoms with Gasteiger partial charge in [-0.15, -0.1) is 0 Å². The second-order valence-electron chi connectivity index (χ2n) is 6.80. The largest absolute Gasteiger partial charge is 0.317 e. The Morgan fingerprint density at radius 3 is 1.63 bits per heavy atom. The topological polar surface area (TPSA) is 18.5 Å². The molecule has 0 unspecified atom stereocenters. The van der Waals surface area contributed by atoms with Crippen LogP contribution >= 0.6 is 0 Å². The van der Waals surface area contributed by atoms with E-state index in [-0.39, 0.29) is 0 Å². The van der Waals surface area contributed by atoms with Gasteiger partial charge in [0.1, 0.15) is 0 Å². The Balaban J connectivity index is 1.42. The fourth-order valence-electron chi connectivity index (χ4n) is 4.47. The van der Waals surface area contributed by atoms with Crippen molar-refractivity contribution in [2.45, 2.75) is 69.5 Å². The van der Waals surface area contributed by atoms with Crippen molar-refractivity contribution >= 4 is 0 Å². The Hall–Kier alpha value is -0.120. The molecule has 19 heavy (non-hydrogen) atoms. The summed E-state index contributed by atoms with van der Waals surface area (Å²) in [6.45, 7) is 5.31. The van der Waals surface area contributed by atoms with E-state index in [1.807, 2.05) is 0 Å². The van der Waals surface area contributed by atoms with E-state index < -0.39 is 0 Å². The van der Waals surface area contributed by atoms with Crippen LogP contribution in [0.1, 0.15) is 51.4 Å². The second kappa shape index (κ2) is 6.55. The van der Waals surface area contributed by atoms with Crippen LogP contribution < -0.4 is 5.32 Å². The fraction of sp³-hybridized carbons (Fsp3) is 1.00. The summed E-state index contributed by atoms with van der Waals surface area (Å²) in [6.07, 6.45) is 11.5. The Kier molecular flexibility index (Phi) is 4.78. The molecule has 0 aromatic rings. The Bertz CT molecular complexity index is 259. The van der Waals surface area contributed by atoms with Crippen LogP contribution in [0, 0.1) is 0 Å². The summed E-state index contributed by atoms with van der Waals surface area (Å²) in [4.78, 5) is 5.57. The molecule has 1 heterocycles. The van der Waals surface area contributed by atoms with E-state index in [0.717, 1.165) is 18.1 Å². The summed E-state index contributed by atoms with van der Waals surface area (Å²) >= 11 is 0. The lowest BCUT2D eigenvalue weighted by Crippen LogP contribution is -2.53. The number of rotatable bonds is 3. The summed E-state index contributed by atoms with van der Waals surface area (Å²) in [6, 6.07) is 2.61. The van der Waals surface area contributed by atoms with E-state index in [4.69, 9.17) is 0 Å². The monoisotopic (exact) mass is 265 g/mol. The lowest BCUT2D eigenvalue weighted by atomic mass is 9.90. The van der Waals surface area contributed by atoms with Crippen LogP contribution in [0.4, 0.5) is 0 Å². The van der Waals surface area contributed by atoms with Crippen LogP contribution in [0.5, 0.6) is 0 Å². The molecule has 1 aliphatic heterocycles. The average molecular weight is 265 g/mol. The van der Waals surface area contributed by atoms with Crippen molar-refractivity contribution in [1.82, 2.24) is 15.1 Å². The van der Waals surface area contributed by atoms with Crippen LogP contribution in [0.2, 0.25) is 0 Å². The van der Waals surface area contributed by atoms with Crippen LogP contribution in [0.3, 0.4) is 0 Å². The highest BCUT2D eigenvalue weighted by molar-refractivity contribution is 4.87. The number of nitrogens with one attached hydrogen (secondary N) is 1. The zero-order valence-corrected chi connectivity index (χ0v) is 12.6. The Morgan fingerprint density at radius 2 is 1.16 bits per heavy atom. The molecule has 3 aliphatic rings. The van der Waals surface area contributed by atoms with Crippen LogP contribution in [0.25, 0.3) is 0 Å². The lowest BCUT2D eigenvalue weighted by Gasteiger charge is -2.43. The molecule has 110 valence electrons. The van der Waals surface area contributed by atoms with Crippen molar-refractivity contribution < 1.29 is 0 Å². The number of piperazine rings is 1. The maximum Gasteiger partial charge on any atom is 0.0113 e. The molecule has 1 saturated heterocycles. The maximum absolute atomic E-state index is 3.44. The molecule has 3 heteroatoms. The van der Waals surface area contributed by atoms with Gasteiger partial charge in [0.25, 0.3) is 0 Å². The van der Waals surface area contributed by atoms with Gasteiger partial charge in [0, 0.05) is 44.3 Å². The van der Waals surface area contributed by atoms with Gasteiger partial charge in [-0.25, -0.2) is 0 Å². The van der Waals surface area contributed by atoms with Crippen LogP contribution in [0.15, 0.2) is 0 Å². The van der Waals surface area contributed by atoms with Gasteiger partial charge in [0.2, 0.25) is 0 Å². The predicted molar refractivity (Wildman–Crippen MR) is 80.5 cm³/mol. The summed E-state index contributed by atoms with van der Waals surface area (Å²) in [7, 11) is 2.12. The van der Waals surface area contributed by atoms with Gasteiger partial charge in [-0.1, -0.05) is 12.8 Å². The third kappa shape index (κ3) is 3.32. The highest BCUT2D eigenvalue weighted by Crippen LogP contribution is 2.27. The van der Waals surface area contributed by atoms with Gasteiger partial charge in [0.05, 0.1) is 0 Å². The van der Waals surface area contributed by atoms with E-state index in [1.165, 1.54) is 77.5 Å². The molecule has 0 aromatic carbocycles. The number of hydrogen-bond donors (Lipinski definition) is 1. The molecule has 0 atom stereocenters. The normalized spacial score (nSPS) is 35.8. The van der Waals surface area contributed by atoms with Gasteiger partial charge in [-0.2, -0.15) is 0 Å².